The average molecular weight is 323 g/mol. The Kier molecular flexibility index (Phi) is 4.94. The summed E-state index contributed by atoms with van der Waals surface area (Å²) in [4.78, 5) is 8.44. The van der Waals surface area contributed by atoms with E-state index in [9.17, 15) is 0 Å². The van der Waals surface area contributed by atoms with Gasteiger partial charge in [0.1, 0.15) is 11.6 Å². The van der Waals surface area contributed by atoms with Crippen molar-refractivity contribution in [3.63, 3.8) is 0 Å². The van der Waals surface area contributed by atoms with E-state index in [0.717, 1.165) is 15.1 Å². The van der Waals surface area contributed by atoms with Gasteiger partial charge >= 0.3 is 0 Å². The maximum atomic E-state index is 5.69. The first-order valence-corrected chi connectivity index (χ1v) is 6.64. The van der Waals surface area contributed by atoms with Crippen molar-refractivity contribution in [2.75, 3.05) is 5.73 Å². The van der Waals surface area contributed by atoms with Crippen molar-refractivity contribution < 1.29 is 0 Å². The Labute approximate surface area is 102 Å². The summed E-state index contributed by atoms with van der Waals surface area (Å²) in [5.41, 5.74) is 5.69. The molecule has 2 N–H and O–H groups in total. The Morgan fingerprint density at radius 2 is 2.36 bits per heavy atom. The molecule has 0 aliphatic heterocycles. The Hall–Kier alpha value is -0.0400. The summed E-state index contributed by atoms with van der Waals surface area (Å²) in [5.74, 6) is 2.25. The Morgan fingerprint density at radius 1 is 1.64 bits per heavy atom. The first-order valence-electron chi connectivity index (χ1n) is 4.52. The zero-order valence-corrected chi connectivity index (χ0v) is 11.3. The summed E-state index contributed by atoms with van der Waals surface area (Å²) in [6, 6.07) is 0. The lowest BCUT2D eigenvalue weighted by molar-refractivity contribution is 0.901. The highest BCUT2D eigenvalue weighted by atomic mass is 127. The van der Waals surface area contributed by atoms with Crippen LogP contribution in [0.15, 0.2) is 6.20 Å². The van der Waals surface area contributed by atoms with Crippen molar-refractivity contribution in [2.24, 2.45) is 0 Å². The second kappa shape index (κ2) is 5.75. The van der Waals surface area contributed by atoms with Crippen molar-refractivity contribution in [1.29, 1.82) is 0 Å². The number of thioether (sulfide) groups is 1. The lowest BCUT2D eigenvalue weighted by Crippen LogP contribution is -2.02. The molecule has 0 fully saturated rings. The highest BCUT2D eigenvalue weighted by Gasteiger charge is 2.04. The van der Waals surface area contributed by atoms with Gasteiger partial charge in [0, 0.05) is 11.4 Å². The van der Waals surface area contributed by atoms with E-state index in [2.05, 4.69) is 46.4 Å². The monoisotopic (exact) mass is 323 g/mol. The summed E-state index contributed by atoms with van der Waals surface area (Å²) in [6.45, 7) is 4.39. The van der Waals surface area contributed by atoms with E-state index in [0.29, 0.717) is 11.1 Å². The molecule has 0 aliphatic carbocycles. The van der Waals surface area contributed by atoms with Crippen molar-refractivity contribution >= 4 is 40.2 Å². The highest BCUT2D eigenvalue weighted by Crippen LogP contribution is 2.19. The van der Waals surface area contributed by atoms with Gasteiger partial charge in [-0.1, -0.05) is 13.8 Å². The van der Waals surface area contributed by atoms with Crippen LogP contribution in [0, 0.1) is 3.57 Å². The number of anilines is 1. The quantitative estimate of drug-likeness (QED) is 0.866. The summed E-state index contributed by atoms with van der Waals surface area (Å²) < 4.78 is 0.917. The molecule has 0 spiro atoms. The Morgan fingerprint density at radius 3 is 2.93 bits per heavy atom. The molecule has 1 unspecified atom stereocenters. The second-order valence-electron chi connectivity index (χ2n) is 3.05. The van der Waals surface area contributed by atoms with Gasteiger partial charge in [0.25, 0.3) is 0 Å². The molecule has 1 atom stereocenters. The van der Waals surface area contributed by atoms with E-state index < -0.39 is 0 Å². The predicted octanol–water partition coefficient (Wildman–Crippen LogP) is 2.70. The molecule has 0 bridgehead atoms. The van der Waals surface area contributed by atoms with Gasteiger partial charge in [-0.3, -0.25) is 0 Å². The van der Waals surface area contributed by atoms with Crippen molar-refractivity contribution in [1.82, 2.24) is 9.97 Å². The fourth-order valence-electron chi connectivity index (χ4n) is 0.823. The molecule has 0 radical (unpaired) electrons. The lowest BCUT2D eigenvalue weighted by Gasteiger charge is -2.07. The molecule has 5 heteroatoms. The van der Waals surface area contributed by atoms with Crippen LogP contribution < -0.4 is 5.73 Å². The maximum Gasteiger partial charge on any atom is 0.140 e. The van der Waals surface area contributed by atoms with Crippen LogP contribution in [0.2, 0.25) is 0 Å². The molecule has 0 saturated carbocycles. The smallest absolute Gasteiger partial charge is 0.140 e. The molecule has 0 amide bonds. The van der Waals surface area contributed by atoms with Crippen LogP contribution in [0.3, 0.4) is 0 Å². The number of rotatable bonds is 4. The van der Waals surface area contributed by atoms with Crippen LogP contribution >= 0.6 is 34.4 Å². The molecule has 1 aromatic heterocycles. The van der Waals surface area contributed by atoms with Crippen LogP contribution in [-0.4, -0.2) is 15.2 Å². The van der Waals surface area contributed by atoms with E-state index in [1.807, 2.05) is 11.8 Å². The zero-order valence-electron chi connectivity index (χ0n) is 8.33. The Bertz CT molecular complexity index is 306. The van der Waals surface area contributed by atoms with Gasteiger partial charge in [0.05, 0.1) is 9.32 Å². The first-order chi connectivity index (χ1) is 6.63. The van der Waals surface area contributed by atoms with Crippen LogP contribution in [0.5, 0.6) is 0 Å². The number of nitrogen functional groups attached to an aromatic ring is 1. The number of hydrogen-bond acceptors (Lipinski definition) is 4. The van der Waals surface area contributed by atoms with Crippen LogP contribution in [0.1, 0.15) is 26.1 Å². The third kappa shape index (κ3) is 3.61. The summed E-state index contributed by atoms with van der Waals surface area (Å²) in [5, 5.41) is 0.652. The van der Waals surface area contributed by atoms with Gasteiger partial charge in [0.2, 0.25) is 0 Å². The number of halogens is 1. The van der Waals surface area contributed by atoms with E-state index in [1.54, 1.807) is 6.20 Å². The van der Waals surface area contributed by atoms with E-state index in [-0.39, 0.29) is 0 Å². The Balaban J connectivity index is 2.55. The van der Waals surface area contributed by atoms with Gasteiger partial charge in [-0.05, 0) is 29.0 Å². The molecule has 0 aromatic carbocycles. The van der Waals surface area contributed by atoms with Crippen LogP contribution in [0.4, 0.5) is 5.82 Å². The minimum Gasteiger partial charge on any atom is -0.383 e. The van der Waals surface area contributed by atoms with E-state index in [4.69, 9.17) is 5.73 Å². The molecular formula is C9H14IN3S. The fourth-order valence-corrected chi connectivity index (χ4v) is 1.89. The average Bonchev–Trinajstić information content (AvgIpc) is 2.19. The number of aromatic nitrogens is 2. The third-order valence-electron chi connectivity index (χ3n) is 1.89. The molecule has 3 nitrogen and oxygen atoms in total. The van der Waals surface area contributed by atoms with Gasteiger partial charge in [-0.2, -0.15) is 11.8 Å². The standard InChI is InChI=1S/C9H14IN3S/c1-3-6(2)14-5-8-12-4-7(10)9(11)13-8/h4,6H,3,5H2,1-2H3,(H2,11,12,13). The topological polar surface area (TPSA) is 51.8 Å². The summed E-state index contributed by atoms with van der Waals surface area (Å²) >= 11 is 3.99. The van der Waals surface area contributed by atoms with Gasteiger partial charge < -0.3 is 5.73 Å². The normalized spacial score (nSPS) is 12.8. The van der Waals surface area contributed by atoms with Crippen LogP contribution in [-0.2, 0) is 5.75 Å². The van der Waals surface area contributed by atoms with E-state index in [1.165, 1.54) is 6.42 Å². The van der Waals surface area contributed by atoms with Gasteiger partial charge in [-0.25, -0.2) is 9.97 Å². The molecule has 0 saturated heterocycles. The minimum absolute atomic E-state index is 0.584. The van der Waals surface area contributed by atoms with Crippen LogP contribution in [0.25, 0.3) is 0 Å². The third-order valence-corrected chi connectivity index (χ3v) is 4.05. The van der Waals surface area contributed by atoms with Crippen molar-refractivity contribution in [2.45, 2.75) is 31.3 Å². The predicted molar refractivity (Wildman–Crippen MR) is 70.2 cm³/mol. The first kappa shape index (κ1) is 12.0. The fraction of sp³-hybridized carbons (Fsp3) is 0.556. The maximum absolute atomic E-state index is 5.69. The highest BCUT2D eigenvalue weighted by molar-refractivity contribution is 14.1. The van der Waals surface area contributed by atoms with Crippen molar-refractivity contribution in [3.8, 4) is 0 Å². The largest absolute Gasteiger partial charge is 0.383 e. The minimum atomic E-state index is 0.584. The molecule has 1 rings (SSSR count). The van der Waals surface area contributed by atoms with Gasteiger partial charge in [0.15, 0.2) is 0 Å². The summed E-state index contributed by atoms with van der Waals surface area (Å²) in [7, 11) is 0. The number of nitrogens with zero attached hydrogens (tertiary/aromatic N) is 2. The van der Waals surface area contributed by atoms with Crippen molar-refractivity contribution in [3.05, 3.63) is 15.6 Å². The molecule has 1 heterocycles. The van der Waals surface area contributed by atoms with E-state index >= 15 is 0 Å². The molecule has 78 valence electrons. The molecular weight excluding hydrogens is 309 g/mol. The molecule has 14 heavy (non-hydrogen) atoms. The molecule has 0 aliphatic rings. The second-order valence-corrected chi connectivity index (χ2v) is 5.64. The number of nitrogens with two attached hydrogens (primary N) is 1. The SMILES string of the molecule is CCC(C)SCc1ncc(I)c(N)n1. The number of hydrogen-bond donors (Lipinski definition) is 1. The lowest BCUT2D eigenvalue weighted by atomic mass is 10.4. The zero-order chi connectivity index (χ0) is 10.6. The summed E-state index contributed by atoms with van der Waals surface area (Å²) in [6.07, 6.45) is 2.94. The van der Waals surface area contributed by atoms with Gasteiger partial charge in [-0.15, -0.1) is 0 Å². The molecule has 1 aromatic rings.